The molecule has 2 aliphatic rings. The van der Waals surface area contributed by atoms with E-state index in [2.05, 4.69) is 5.32 Å². The molecule has 0 saturated heterocycles. The Hall–Kier alpha value is -1.89. The van der Waals surface area contributed by atoms with Gasteiger partial charge in [-0.3, -0.25) is 9.59 Å². The van der Waals surface area contributed by atoms with E-state index in [0.29, 0.717) is 15.6 Å². The SMILES string of the molecule is NC(=O)c1c(NC(=O)C2CCCCC2CO)sc2c1C(c1ccc(Cl)cc1)CC2. The number of fused-ring (bicyclic) bond motifs is 1. The summed E-state index contributed by atoms with van der Waals surface area (Å²) in [6, 6.07) is 7.67. The summed E-state index contributed by atoms with van der Waals surface area (Å²) < 4.78 is 0. The van der Waals surface area contributed by atoms with Crippen molar-refractivity contribution in [1.82, 2.24) is 0 Å². The fraction of sp³-hybridized carbons (Fsp3) is 0.455. The van der Waals surface area contributed by atoms with Gasteiger partial charge in [-0.15, -0.1) is 11.3 Å². The van der Waals surface area contributed by atoms with Gasteiger partial charge < -0.3 is 16.2 Å². The topological polar surface area (TPSA) is 92.4 Å². The van der Waals surface area contributed by atoms with Gasteiger partial charge in [-0.2, -0.15) is 0 Å². The van der Waals surface area contributed by atoms with Crippen molar-refractivity contribution in [2.75, 3.05) is 11.9 Å². The van der Waals surface area contributed by atoms with E-state index in [0.717, 1.165) is 54.5 Å². The number of anilines is 1. The van der Waals surface area contributed by atoms with Crippen LogP contribution in [0.1, 0.15) is 64.4 Å². The Morgan fingerprint density at radius 3 is 2.59 bits per heavy atom. The van der Waals surface area contributed by atoms with Crippen LogP contribution < -0.4 is 11.1 Å². The summed E-state index contributed by atoms with van der Waals surface area (Å²) in [5.41, 5.74) is 8.24. The van der Waals surface area contributed by atoms with Gasteiger partial charge in [0.1, 0.15) is 5.00 Å². The lowest BCUT2D eigenvalue weighted by Crippen LogP contribution is -2.34. The van der Waals surface area contributed by atoms with Crippen molar-refractivity contribution in [3.63, 3.8) is 0 Å². The highest BCUT2D eigenvalue weighted by atomic mass is 35.5. The predicted molar refractivity (Wildman–Crippen MR) is 116 cm³/mol. The average Bonchev–Trinajstić information content (AvgIpc) is 3.27. The number of halogens is 1. The standard InChI is InChI=1S/C22H25ClN2O3S/c23-14-7-5-12(6-8-14)15-9-10-17-18(15)19(20(24)27)22(29-17)25-21(28)16-4-2-1-3-13(16)11-26/h5-8,13,15-16,26H,1-4,9-11H2,(H2,24,27)(H,25,28). The molecule has 3 atom stereocenters. The number of thiophene rings is 1. The van der Waals surface area contributed by atoms with Crippen molar-refractivity contribution in [3.8, 4) is 0 Å². The average molecular weight is 433 g/mol. The van der Waals surface area contributed by atoms with Crippen molar-refractivity contribution in [3.05, 3.63) is 50.9 Å². The predicted octanol–water partition coefficient (Wildman–Crippen LogP) is 4.32. The number of rotatable bonds is 5. The maximum Gasteiger partial charge on any atom is 0.252 e. The molecule has 4 N–H and O–H groups in total. The first-order chi connectivity index (χ1) is 14.0. The third-order valence-corrected chi connectivity index (χ3v) is 7.70. The van der Waals surface area contributed by atoms with Gasteiger partial charge in [0.25, 0.3) is 5.91 Å². The molecule has 7 heteroatoms. The molecule has 3 unspecified atom stereocenters. The second kappa shape index (κ2) is 8.46. The molecule has 1 heterocycles. The minimum Gasteiger partial charge on any atom is -0.396 e. The maximum absolute atomic E-state index is 12.9. The zero-order valence-electron chi connectivity index (χ0n) is 16.1. The second-order valence-corrected chi connectivity index (χ2v) is 9.51. The number of aryl methyl sites for hydroxylation is 1. The van der Waals surface area contributed by atoms with Crippen LogP contribution in [0.2, 0.25) is 5.02 Å². The number of nitrogens with one attached hydrogen (secondary N) is 1. The molecular formula is C22H25ClN2O3S. The number of hydrogen-bond donors (Lipinski definition) is 3. The molecule has 1 aromatic carbocycles. The molecule has 0 spiro atoms. The van der Waals surface area contributed by atoms with Gasteiger partial charge >= 0.3 is 0 Å². The van der Waals surface area contributed by atoms with Gasteiger partial charge in [0, 0.05) is 28.3 Å². The Morgan fingerprint density at radius 1 is 1.17 bits per heavy atom. The number of primary amides is 1. The molecular weight excluding hydrogens is 408 g/mol. The number of benzene rings is 1. The lowest BCUT2D eigenvalue weighted by Gasteiger charge is -2.29. The Bertz CT molecular complexity index is 925. The fourth-order valence-electron chi connectivity index (χ4n) is 4.80. The number of nitrogens with two attached hydrogens (primary N) is 1. The molecule has 0 aliphatic heterocycles. The summed E-state index contributed by atoms with van der Waals surface area (Å²) in [4.78, 5) is 26.4. The highest BCUT2D eigenvalue weighted by Crippen LogP contribution is 2.48. The number of carbonyl (C=O) groups excluding carboxylic acids is 2. The summed E-state index contributed by atoms with van der Waals surface area (Å²) in [5.74, 6) is -0.797. The molecule has 1 aromatic heterocycles. The monoisotopic (exact) mass is 432 g/mol. The largest absolute Gasteiger partial charge is 0.396 e. The Morgan fingerprint density at radius 2 is 1.90 bits per heavy atom. The van der Waals surface area contributed by atoms with Crippen molar-refractivity contribution in [1.29, 1.82) is 0 Å². The van der Waals surface area contributed by atoms with Gasteiger partial charge in [-0.05, 0) is 54.9 Å². The molecule has 5 nitrogen and oxygen atoms in total. The van der Waals surface area contributed by atoms with Crippen LogP contribution in [0.3, 0.4) is 0 Å². The Labute approximate surface area is 179 Å². The normalized spacial score (nSPS) is 23.6. The zero-order chi connectivity index (χ0) is 20.5. The van der Waals surface area contributed by atoms with Crippen LogP contribution in [0, 0.1) is 11.8 Å². The van der Waals surface area contributed by atoms with Gasteiger partial charge in [0.05, 0.1) is 5.56 Å². The van der Waals surface area contributed by atoms with E-state index in [-0.39, 0.29) is 30.3 Å². The fourth-order valence-corrected chi connectivity index (χ4v) is 6.21. The van der Waals surface area contributed by atoms with Crippen molar-refractivity contribution >= 4 is 39.8 Å². The molecule has 0 bridgehead atoms. The zero-order valence-corrected chi connectivity index (χ0v) is 17.7. The molecule has 2 amide bonds. The summed E-state index contributed by atoms with van der Waals surface area (Å²) in [7, 11) is 0. The molecule has 1 fully saturated rings. The number of aliphatic hydroxyl groups excluding tert-OH is 1. The van der Waals surface area contributed by atoms with E-state index in [1.165, 1.54) is 11.3 Å². The van der Waals surface area contributed by atoms with Crippen molar-refractivity contribution in [2.45, 2.75) is 44.4 Å². The van der Waals surface area contributed by atoms with Crippen LogP contribution in [0.4, 0.5) is 5.00 Å². The highest BCUT2D eigenvalue weighted by Gasteiger charge is 2.36. The van der Waals surface area contributed by atoms with Crippen LogP contribution in [0.5, 0.6) is 0 Å². The molecule has 2 aromatic rings. The summed E-state index contributed by atoms with van der Waals surface area (Å²) in [5, 5.41) is 13.8. The summed E-state index contributed by atoms with van der Waals surface area (Å²) in [6.07, 6.45) is 5.41. The van der Waals surface area contributed by atoms with E-state index in [9.17, 15) is 14.7 Å². The van der Waals surface area contributed by atoms with Gasteiger partial charge in [0.2, 0.25) is 5.91 Å². The molecule has 1 saturated carbocycles. The molecule has 154 valence electrons. The van der Waals surface area contributed by atoms with E-state index < -0.39 is 5.91 Å². The summed E-state index contributed by atoms with van der Waals surface area (Å²) in [6.45, 7) is 0.0142. The van der Waals surface area contributed by atoms with E-state index in [1.54, 1.807) is 0 Å². The van der Waals surface area contributed by atoms with Crippen LogP contribution in [0.25, 0.3) is 0 Å². The highest BCUT2D eigenvalue weighted by molar-refractivity contribution is 7.17. The van der Waals surface area contributed by atoms with Crippen molar-refractivity contribution < 1.29 is 14.7 Å². The van der Waals surface area contributed by atoms with Gasteiger partial charge in [-0.25, -0.2) is 0 Å². The minimum atomic E-state index is -0.513. The van der Waals surface area contributed by atoms with Crippen LogP contribution in [-0.4, -0.2) is 23.5 Å². The van der Waals surface area contributed by atoms with Crippen LogP contribution >= 0.6 is 22.9 Å². The van der Waals surface area contributed by atoms with E-state index in [4.69, 9.17) is 17.3 Å². The number of hydrogen-bond acceptors (Lipinski definition) is 4. The number of carbonyl (C=O) groups is 2. The molecule has 4 rings (SSSR count). The van der Waals surface area contributed by atoms with E-state index >= 15 is 0 Å². The first-order valence-corrected chi connectivity index (χ1v) is 11.3. The lowest BCUT2D eigenvalue weighted by atomic mass is 9.79. The summed E-state index contributed by atoms with van der Waals surface area (Å²) >= 11 is 7.48. The first kappa shape index (κ1) is 20.4. The minimum absolute atomic E-state index is 0.0142. The smallest absolute Gasteiger partial charge is 0.252 e. The molecule has 0 radical (unpaired) electrons. The van der Waals surface area contributed by atoms with Crippen LogP contribution in [-0.2, 0) is 11.2 Å². The maximum atomic E-state index is 12.9. The number of aliphatic hydroxyl groups is 1. The van der Waals surface area contributed by atoms with Crippen molar-refractivity contribution in [2.24, 2.45) is 17.6 Å². The van der Waals surface area contributed by atoms with E-state index in [1.807, 2.05) is 24.3 Å². The quantitative estimate of drug-likeness (QED) is 0.657. The van der Waals surface area contributed by atoms with Gasteiger partial charge in [-0.1, -0.05) is 36.6 Å². The Balaban J connectivity index is 1.64. The molecule has 2 aliphatic carbocycles. The van der Waals surface area contributed by atoms with Crippen LogP contribution in [0.15, 0.2) is 24.3 Å². The first-order valence-electron chi connectivity index (χ1n) is 10.1. The Kier molecular flexibility index (Phi) is 5.95. The third kappa shape index (κ3) is 3.93. The van der Waals surface area contributed by atoms with Gasteiger partial charge in [0.15, 0.2) is 0 Å². The third-order valence-electron chi connectivity index (χ3n) is 6.27. The lowest BCUT2D eigenvalue weighted by molar-refractivity contribution is -0.123. The second-order valence-electron chi connectivity index (χ2n) is 7.97. The molecule has 29 heavy (non-hydrogen) atoms. The number of amides is 2.